The van der Waals surface area contributed by atoms with Crippen LogP contribution >= 0.6 is 11.3 Å². The summed E-state index contributed by atoms with van der Waals surface area (Å²) < 4.78 is 39.3. The fourth-order valence-electron chi connectivity index (χ4n) is 1.67. The van der Waals surface area contributed by atoms with Gasteiger partial charge in [0.15, 0.2) is 4.80 Å². The molecule has 0 spiro atoms. The van der Waals surface area contributed by atoms with Crippen LogP contribution in [0.25, 0.3) is 5.69 Å². The zero-order valence-corrected chi connectivity index (χ0v) is 13.9. The summed E-state index contributed by atoms with van der Waals surface area (Å²) in [6.07, 6.45) is -1.65. The quantitative estimate of drug-likeness (QED) is 0.792. The van der Waals surface area contributed by atoms with Crippen LogP contribution in [0.2, 0.25) is 0 Å². The second-order valence-electron chi connectivity index (χ2n) is 6.06. The number of carbonyl (C=O) groups excluding carboxylic acids is 1. The van der Waals surface area contributed by atoms with Gasteiger partial charge in [0.05, 0.1) is 11.9 Å². The lowest BCUT2D eigenvalue weighted by Crippen LogP contribution is -2.23. The van der Waals surface area contributed by atoms with E-state index < -0.39 is 17.3 Å². The van der Waals surface area contributed by atoms with Crippen LogP contribution in [0.3, 0.4) is 0 Å². The molecule has 0 N–H and O–H groups in total. The van der Waals surface area contributed by atoms with Gasteiger partial charge in [-0.05, 0) is 19.1 Å². The first-order valence-corrected chi connectivity index (χ1v) is 7.62. The highest BCUT2D eigenvalue weighted by Crippen LogP contribution is 2.27. The molecule has 4 nitrogen and oxygen atoms in total. The normalized spacial score (nSPS) is 13.4. The van der Waals surface area contributed by atoms with Crippen molar-refractivity contribution in [2.75, 3.05) is 0 Å². The predicted octanol–water partition coefficient (Wildman–Crippen LogP) is 3.73. The van der Waals surface area contributed by atoms with E-state index in [0.29, 0.717) is 10.5 Å². The van der Waals surface area contributed by atoms with Crippen molar-refractivity contribution in [1.29, 1.82) is 0 Å². The number of alkyl halides is 3. The van der Waals surface area contributed by atoms with Gasteiger partial charge in [-0.2, -0.15) is 18.2 Å². The van der Waals surface area contributed by atoms with Gasteiger partial charge in [-0.15, -0.1) is 11.3 Å². The molecule has 0 unspecified atom stereocenters. The fraction of sp³-hybridized carbons (Fsp3) is 0.400. The Morgan fingerprint density at radius 1 is 1.26 bits per heavy atom. The standard InChI is InChI=1S/C15H16F3N3OS/c1-9-8-21(13(23-9)20-12(22)14(2,3)4)10-5-6-11(19-7-10)15(16,17)18/h5-8H,1-4H3/b20-13-. The van der Waals surface area contributed by atoms with Crippen molar-refractivity contribution >= 4 is 17.2 Å². The molecule has 1 amide bonds. The molecular formula is C15H16F3N3OS. The van der Waals surface area contributed by atoms with Crippen molar-refractivity contribution in [2.24, 2.45) is 10.4 Å². The number of hydrogen-bond acceptors (Lipinski definition) is 3. The van der Waals surface area contributed by atoms with Gasteiger partial charge in [0.2, 0.25) is 0 Å². The number of hydrogen-bond donors (Lipinski definition) is 0. The molecule has 0 saturated heterocycles. The zero-order chi connectivity index (χ0) is 17.4. The number of nitrogens with zero attached hydrogens (tertiary/aromatic N) is 3. The molecule has 23 heavy (non-hydrogen) atoms. The first kappa shape index (κ1) is 17.4. The van der Waals surface area contributed by atoms with Crippen molar-refractivity contribution in [1.82, 2.24) is 9.55 Å². The first-order chi connectivity index (χ1) is 10.5. The zero-order valence-electron chi connectivity index (χ0n) is 13.1. The average Bonchev–Trinajstić information content (AvgIpc) is 2.77. The van der Waals surface area contributed by atoms with Gasteiger partial charge in [0, 0.05) is 16.5 Å². The minimum absolute atomic E-state index is 0.298. The van der Waals surface area contributed by atoms with Crippen LogP contribution in [0.1, 0.15) is 31.3 Å². The molecule has 2 aromatic rings. The Morgan fingerprint density at radius 2 is 1.91 bits per heavy atom. The maximum atomic E-state index is 12.6. The summed E-state index contributed by atoms with van der Waals surface area (Å²) >= 11 is 1.29. The molecule has 0 aliphatic carbocycles. The molecule has 8 heteroatoms. The molecule has 0 saturated carbocycles. The van der Waals surface area contributed by atoms with E-state index in [1.807, 2.05) is 6.92 Å². The Labute approximate surface area is 135 Å². The Bertz CT molecular complexity index is 780. The second-order valence-corrected chi connectivity index (χ2v) is 7.27. The minimum atomic E-state index is -4.48. The van der Waals surface area contributed by atoms with Crippen LogP contribution in [0.5, 0.6) is 0 Å². The van der Waals surface area contributed by atoms with E-state index in [2.05, 4.69) is 9.98 Å². The summed E-state index contributed by atoms with van der Waals surface area (Å²) in [7, 11) is 0. The van der Waals surface area contributed by atoms with Gasteiger partial charge in [-0.1, -0.05) is 20.8 Å². The lowest BCUT2D eigenvalue weighted by atomic mass is 9.96. The molecule has 0 aliphatic heterocycles. The van der Waals surface area contributed by atoms with Crippen LogP contribution in [-0.2, 0) is 11.0 Å². The predicted molar refractivity (Wildman–Crippen MR) is 81.2 cm³/mol. The third-order valence-electron chi connectivity index (χ3n) is 2.92. The van der Waals surface area contributed by atoms with Crippen LogP contribution < -0.4 is 4.80 Å². The average molecular weight is 343 g/mol. The minimum Gasteiger partial charge on any atom is -0.291 e. The van der Waals surface area contributed by atoms with Crippen molar-refractivity contribution < 1.29 is 18.0 Å². The van der Waals surface area contributed by atoms with E-state index >= 15 is 0 Å². The SMILES string of the molecule is Cc1cn(-c2ccc(C(F)(F)F)nc2)/c(=N/C(=O)C(C)(C)C)s1. The number of thiazole rings is 1. The molecule has 0 atom stereocenters. The van der Waals surface area contributed by atoms with Crippen molar-refractivity contribution in [3.63, 3.8) is 0 Å². The van der Waals surface area contributed by atoms with Gasteiger partial charge < -0.3 is 0 Å². The largest absolute Gasteiger partial charge is 0.433 e. The maximum Gasteiger partial charge on any atom is 0.433 e. The maximum absolute atomic E-state index is 12.6. The Hall–Kier alpha value is -1.96. The number of pyridine rings is 1. The molecule has 124 valence electrons. The van der Waals surface area contributed by atoms with Crippen molar-refractivity contribution in [3.05, 3.63) is 39.9 Å². The van der Waals surface area contributed by atoms with Crippen LogP contribution in [0.15, 0.2) is 29.5 Å². The Balaban J connectivity index is 2.49. The molecule has 2 rings (SSSR count). The van der Waals surface area contributed by atoms with E-state index in [1.54, 1.807) is 31.5 Å². The monoisotopic (exact) mass is 343 g/mol. The number of rotatable bonds is 1. The summed E-state index contributed by atoms with van der Waals surface area (Å²) in [6, 6.07) is 2.22. The summed E-state index contributed by atoms with van der Waals surface area (Å²) in [5, 5.41) is 0. The van der Waals surface area contributed by atoms with E-state index in [-0.39, 0.29) is 5.91 Å². The summed E-state index contributed by atoms with van der Waals surface area (Å²) in [5.41, 5.74) is -1.17. The van der Waals surface area contributed by atoms with Crippen LogP contribution in [0.4, 0.5) is 13.2 Å². The van der Waals surface area contributed by atoms with E-state index in [1.165, 1.54) is 17.4 Å². The van der Waals surface area contributed by atoms with Crippen LogP contribution in [0, 0.1) is 12.3 Å². The number of carbonyl (C=O) groups is 1. The third-order valence-corrected chi connectivity index (χ3v) is 3.82. The number of aryl methyl sites for hydroxylation is 1. The topological polar surface area (TPSA) is 47.2 Å². The second kappa shape index (κ2) is 5.92. The molecular weight excluding hydrogens is 327 g/mol. The van der Waals surface area contributed by atoms with E-state index in [9.17, 15) is 18.0 Å². The summed E-state index contributed by atoms with van der Waals surface area (Å²) in [6.45, 7) is 7.09. The Morgan fingerprint density at radius 3 is 2.39 bits per heavy atom. The fourth-order valence-corrected chi connectivity index (χ4v) is 2.50. The van der Waals surface area contributed by atoms with Gasteiger partial charge >= 0.3 is 6.18 Å². The van der Waals surface area contributed by atoms with Crippen molar-refractivity contribution in [3.8, 4) is 5.69 Å². The van der Waals surface area contributed by atoms with Crippen molar-refractivity contribution in [2.45, 2.75) is 33.9 Å². The highest BCUT2D eigenvalue weighted by atomic mass is 32.1. The number of aromatic nitrogens is 2. The van der Waals surface area contributed by atoms with Crippen LogP contribution in [-0.4, -0.2) is 15.5 Å². The summed E-state index contributed by atoms with van der Waals surface area (Å²) in [4.78, 5) is 20.9. The highest BCUT2D eigenvalue weighted by molar-refractivity contribution is 7.09. The molecule has 0 aromatic carbocycles. The summed E-state index contributed by atoms with van der Waals surface area (Å²) in [5.74, 6) is -0.298. The van der Waals surface area contributed by atoms with Gasteiger partial charge in [-0.25, -0.2) is 4.98 Å². The molecule has 0 radical (unpaired) electrons. The van der Waals surface area contributed by atoms with E-state index in [0.717, 1.165) is 17.1 Å². The third kappa shape index (κ3) is 4.07. The van der Waals surface area contributed by atoms with E-state index in [4.69, 9.17) is 0 Å². The number of halogens is 3. The van der Waals surface area contributed by atoms with Gasteiger partial charge in [-0.3, -0.25) is 9.36 Å². The first-order valence-electron chi connectivity index (χ1n) is 6.80. The molecule has 0 bridgehead atoms. The lowest BCUT2D eigenvalue weighted by Gasteiger charge is -2.12. The Kier molecular flexibility index (Phi) is 4.48. The van der Waals surface area contributed by atoms with Gasteiger partial charge in [0.25, 0.3) is 5.91 Å². The number of amides is 1. The molecule has 2 aromatic heterocycles. The lowest BCUT2D eigenvalue weighted by molar-refractivity contribution is -0.141. The van der Waals surface area contributed by atoms with Gasteiger partial charge in [0.1, 0.15) is 5.69 Å². The molecule has 2 heterocycles. The molecule has 0 fully saturated rings. The smallest absolute Gasteiger partial charge is 0.291 e. The molecule has 0 aliphatic rings. The highest BCUT2D eigenvalue weighted by Gasteiger charge is 2.32.